The molecule has 1 heterocycles. The fourth-order valence-electron chi connectivity index (χ4n) is 4.32. The molecule has 2 unspecified atom stereocenters. The fraction of sp³-hybridized carbons (Fsp3) is 0.682. The number of halogens is 1. The molecule has 2 aliphatic rings. The molecule has 0 radical (unpaired) electrons. The first-order valence-electron chi connectivity index (χ1n) is 10.7. The van der Waals surface area contributed by atoms with Crippen molar-refractivity contribution in [3.8, 4) is 5.75 Å². The Morgan fingerprint density at radius 2 is 1.79 bits per heavy atom. The van der Waals surface area contributed by atoms with E-state index in [0.29, 0.717) is 24.0 Å². The average molecular weight is 411 g/mol. The summed E-state index contributed by atoms with van der Waals surface area (Å²) >= 11 is 0. The molecule has 0 bridgehead atoms. The van der Waals surface area contributed by atoms with E-state index in [1.54, 1.807) is 0 Å². The van der Waals surface area contributed by atoms with Crippen molar-refractivity contribution >= 4 is 24.2 Å². The Morgan fingerprint density at radius 3 is 2.57 bits per heavy atom. The first kappa shape index (κ1) is 22.8. The minimum Gasteiger partial charge on any atom is -0.492 e. The molecule has 1 aliphatic heterocycles. The summed E-state index contributed by atoms with van der Waals surface area (Å²) in [5.41, 5.74) is 0.672. The van der Waals surface area contributed by atoms with E-state index < -0.39 is 0 Å². The Hall–Kier alpha value is -1.46. The number of hydrogen-bond acceptors (Lipinski definition) is 4. The lowest BCUT2D eigenvalue weighted by atomic mass is 9.95. The van der Waals surface area contributed by atoms with Crippen LogP contribution in [0.2, 0.25) is 0 Å². The zero-order chi connectivity index (χ0) is 18.9. The number of nitrogens with zero attached hydrogens (tertiary/aromatic N) is 1. The molecule has 5 nitrogen and oxygen atoms in total. The number of piperidine rings is 1. The number of amides is 1. The maximum Gasteiger partial charge on any atom is 0.412 e. The summed E-state index contributed by atoms with van der Waals surface area (Å²) in [6, 6.07) is 7.51. The molecule has 1 aromatic rings. The van der Waals surface area contributed by atoms with Crippen LogP contribution in [-0.4, -0.2) is 43.3 Å². The third-order valence-electron chi connectivity index (χ3n) is 5.71. The minimum atomic E-state index is -0.363. The highest BCUT2D eigenvalue weighted by Crippen LogP contribution is 2.29. The van der Waals surface area contributed by atoms with E-state index in [2.05, 4.69) is 10.2 Å². The normalized spacial score (nSPS) is 23.2. The van der Waals surface area contributed by atoms with Crippen molar-refractivity contribution in [1.29, 1.82) is 0 Å². The first-order valence-corrected chi connectivity index (χ1v) is 10.7. The van der Waals surface area contributed by atoms with Gasteiger partial charge < -0.3 is 14.4 Å². The Balaban J connectivity index is 0.00000280. The number of benzene rings is 1. The highest BCUT2D eigenvalue weighted by atomic mass is 35.5. The van der Waals surface area contributed by atoms with Crippen LogP contribution in [0.25, 0.3) is 0 Å². The van der Waals surface area contributed by atoms with Gasteiger partial charge in [-0.2, -0.15) is 0 Å². The highest BCUT2D eigenvalue weighted by molar-refractivity contribution is 5.86. The predicted octanol–water partition coefficient (Wildman–Crippen LogP) is 5.49. The zero-order valence-corrected chi connectivity index (χ0v) is 17.8. The molecule has 2 atom stereocenters. The smallest absolute Gasteiger partial charge is 0.412 e. The van der Waals surface area contributed by atoms with Gasteiger partial charge in [0.05, 0.1) is 12.3 Å². The molecule has 6 heteroatoms. The third-order valence-corrected chi connectivity index (χ3v) is 5.71. The van der Waals surface area contributed by atoms with Crippen LogP contribution in [0.4, 0.5) is 10.5 Å². The van der Waals surface area contributed by atoms with Crippen molar-refractivity contribution in [3.05, 3.63) is 24.3 Å². The standard InChI is InChI=1S/C22H34N2O3.ClH/c1-2-26-21-14-8-7-12-19(21)23-22(25)27-20-13-6-3-5-11-18(20)17-24-15-9-4-10-16-24;/h7-8,12,14,18,20H,2-6,9-11,13,15-17H2,1H3,(H,23,25);1H. The SMILES string of the molecule is CCOc1ccccc1NC(=O)OC1CCCCCC1CN1CCCCC1.Cl. The maximum atomic E-state index is 12.6. The maximum absolute atomic E-state index is 12.6. The summed E-state index contributed by atoms with van der Waals surface area (Å²) in [7, 11) is 0. The monoisotopic (exact) mass is 410 g/mol. The van der Waals surface area contributed by atoms with Gasteiger partial charge in [0, 0.05) is 12.5 Å². The molecule has 2 fully saturated rings. The minimum absolute atomic E-state index is 0. The number of nitrogens with one attached hydrogen (secondary N) is 1. The van der Waals surface area contributed by atoms with Gasteiger partial charge in [0.25, 0.3) is 0 Å². The lowest BCUT2D eigenvalue weighted by Gasteiger charge is -2.33. The van der Waals surface area contributed by atoms with Crippen molar-refractivity contribution in [2.45, 2.75) is 64.4 Å². The quantitative estimate of drug-likeness (QED) is 0.630. The highest BCUT2D eigenvalue weighted by Gasteiger charge is 2.29. The van der Waals surface area contributed by atoms with Crippen LogP contribution in [0, 0.1) is 5.92 Å². The van der Waals surface area contributed by atoms with E-state index in [9.17, 15) is 4.79 Å². The van der Waals surface area contributed by atoms with Crippen molar-refractivity contribution in [2.24, 2.45) is 5.92 Å². The topological polar surface area (TPSA) is 50.8 Å². The van der Waals surface area contributed by atoms with E-state index in [1.165, 1.54) is 45.2 Å². The molecule has 158 valence electrons. The van der Waals surface area contributed by atoms with Crippen molar-refractivity contribution in [2.75, 3.05) is 31.6 Å². The molecule has 1 saturated carbocycles. The van der Waals surface area contributed by atoms with E-state index >= 15 is 0 Å². The summed E-state index contributed by atoms with van der Waals surface area (Å²) in [5, 5.41) is 2.89. The zero-order valence-electron chi connectivity index (χ0n) is 17.0. The predicted molar refractivity (Wildman–Crippen MR) is 116 cm³/mol. The first-order chi connectivity index (χ1) is 13.3. The number of para-hydroxylation sites is 2. The molecule has 0 aromatic heterocycles. The van der Waals surface area contributed by atoms with Crippen molar-refractivity contribution < 1.29 is 14.3 Å². The number of anilines is 1. The van der Waals surface area contributed by atoms with Crippen LogP contribution in [0.3, 0.4) is 0 Å². The molecule has 28 heavy (non-hydrogen) atoms. The molecule has 1 N–H and O–H groups in total. The largest absolute Gasteiger partial charge is 0.492 e. The second-order valence-corrected chi connectivity index (χ2v) is 7.76. The summed E-state index contributed by atoms with van der Waals surface area (Å²) in [4.78, 5) is 15.2. The number of rotatable bonds is 6. The molecule has 0 spiro atoms. The summed E-state index contributed by atoms with van der Waals surface area (Å²) in [6.45, 7) is 5.95. The number of ether oxygens (including phenoxy) is 2. The lowest BCUT2D eigenvalue weighted by molar-refractivity contribution is 0.0471. The third kappa shape index (κ3) is 6.85. The second kappa shape index (κ2) is 12.2. The van der Waals surface area contributed by atoms with Gasteiger partial charge in [-0.3, -0.25) is 5.32 Å². The van der Waals surface area contributed by atoms with Gasteiger partial charge in [-0.15, -0.1) is 12.4 Å². The molecule has 1 saturated heterocycles. The average Bonchev–Trinajstić information content (AvgIpc) is 2.90. The van der Waals surface area contributed by atoms with Crippen LogP contribution in [0.5, 0.6) is 5.75 Å². The Bertz CT molecular complexity index is 593. The van der Waals surface area contributed by atoms with Crippen molar-refractivity contribution in [3.63, 3.8) is 0 Å². The van der Waals surface area contributed by atoms with Gasteiger partial charge in [0.2, 0.25) is 0 Å². The van der Waals surface area contributed by atoms with Crippen LogP contribution < -0.4 is 10.1 Å². The van der Waals surface area contributed by atoms with E-state index in [1.807, 2.05) is 31.2 Å². The molecule has 1 aromatic carbocycles. The number of hydrogen-bond donors (Lipinski definition) is 1. The fourth-order valence-corrected chi connectivity index (χ4v) is 4.32. The Labute approximate surface area is 175 Å². The molecule has 3 rings (SSSR count). The Morgan fingerprint density at radius 1 is 1.07 bits per heavy atom. The molecule has 1 amide bonds. The van der Waals surface area contributed by atoms with Gasteiger partial charge in [0.1, 0.15) is 11.9 Å². The number of carbonyl (C=O) groups excluding carboxylic acids is 1. The van der Waals surface area contributed by atoms with E-state index in [4.69, 9.17) is 9.47 Å². The lowest BCUT2D eigenvalue weighted by Crippen LogP contribution is -2.39. The van der Waals surface area contributed by atoms with Crippen LogP contribution >= 0.6 is 12.4 Å². The van der Waals surface area contributed by atoms with E-state index in [-0.39, 0.29) is 24.6 Å². The summed E-state index contributed by atoms with van der Waals surface area (Å²) in [6.07, 6.45) is 9.35. The van der Waals surface area contributed by atoms with Gasteiger partial charge >= 0.3 is 6.09 Å². The van der Waals surface area contributed by atoms with Crippen LogP contribution in [-0.2, 0) is 4.74 Å². The van der Waals surface area contributed by atoms with Gasteiger partial charge in [0.15, 0.2) is 0 Å². The number of carbonyl (C=O) groups is 1. The van der Waals surface area contributed by atoms with Gasteiger partial charge in [-0.05, 0) is 64.3 Å². The second-order valence-electron chi connectivity index (χ2n) is 7.76. The van der Waals surface area contributed by atoms with E-state index in [0.717, 1.165) is 25.8 Å². The Kier molecular flexibility index (Phi) is 9.93. The summed E-state index contributed by atoms with van der Waals surface area (Å²) < 4.78 is 11.5. The number of likely N-dealkylation sites (tertiary alicyclic amines) is 1. The summed E-state index contributed by atoms with van der Waals surface area (Å²) in [5.74, 6) is 1.13. The molecular formula is C22H35ClN2O3. The molecular weight excluding hydrogens is 376 g/mol. The molecule has 1 aliphatic carbocycles. The van der Waals surface area contributed by atoms with Crippen LogP contribution in [0.15, 0.2) is 24.3 Å². The van der Waals surface area contributed by atoms with Crippen LogP contribution in [0.1, 0.15) is 58.3 Å². The van der Waals surface area contributed by atoms with Gasteiger partial charge in [-0.25, -0.2) is 4.79 Å². The van der Waals surface area contributed by atoms with Gasteiger partial charge in [-0.1, -0.05) is 31.4 Å². The van der Waals surface area contributed by atoms with Crippen molar-refractivity contribution in [1.82, 2.24) is 4.90 Å².